The topological polar surface area (TPSA) is 71.5 Å². The van der Waals surface area contributed by atoms with Crippen molar-refractivity contribution < 1.29 is 5.11 Å². The monoisotopic (exact) mass is 313 g/mol. The number of nitrogens with zero attached hydrogens (tertiary/aromatic N) is 2. The van der Waals surface area contributed by atoms with Gasteiger partial charge in [-0.1, -0.05) is 58.5 Å². The zero-order valence-electron chi connectivity index (χ0n) is 14.5. The second-order valence-corrected chi connectivity index (χ2v) is 4.04. The molecule has 2 aromatic rings. The Balaban J connectivity index is 0.00000112. The number of hydrogen-bond acceptors (Lipinski definition) is 4. The first-order valence-corrected chi connectivity index (χ1v) is 7.80. The number of phenols is 1. The molecule has 0 aliphatic heterocycles. The maximum Gasteiger partial charge on any atom is 0.146 e. The van der Waals surface area contributed by atoms with E-state index >= 15 is 0 Å². The highest BCUT2D eigenvalue weighted by molar-refractivity contribution is 5.73. The summed E-state index contributed by atoms with van der Waals surface area (Å²) >= 11 is 0. The van der Waals surface area contributed by atoms with Gasteiger partial charge in [-0.25, -0.2) is 0 Å². The average molecular weight is 313 g/mol. The predicted molar refractivity (Wildman–Crippen MR) is 100 cm³/mol. The average Bonchev–Trinajstić information content (AvgIpc) is 2.64. The molecular formula is C19H27N3O. The van der Waals surface area contributed by atoms with Crippen LogP contribution >= 0.6 is 0 Å². The largest absolute Gasteiger partial charge is 0.505 e. The molecule has 1 aromatic heterocycles. The fourth-order valence-corrected chi connectivity index (χ4v) is 1.91. The van der Waals surface area contributed by atoms with E-state index in [1.807, 2.05) is 45.9 Å². The number of aliphatic imine (C=N–C) groups is 1. The van der Waals surface area contributed by atoms with Gasteiger partial charge in [0.1, 0.15) is 11.4 Å². The van der Waals surface area contributed by atoms with Crippen molar-refractivity contribution in [1.29, 1.82) is 0 Å². The van der Waals surface area contributed by atoms with Crippen LogP contribution in [0.5, 0.6) is 5.75 Å². The van der Waals surface area contributed by atoms with Gasteiger partial charge in [-0.3, -0.25) is 9.98 Å². The Bertz CT molecular complexity index is 610. The summed E-state index contributed by atoms with van der Waals surface area (Å²) in [4.78, 5) is 8.02. The highest BCUT2D eigenvalue weighted by Gasteiger charge is 2.17. The highest BCUT2D eigenvalue weighted by Crippen LogP contribution is 2.38. The lowest BCUT2D eigenvalue weighted by molar-refractivity contribution is 0.466. The third kappa shape index (κ3) is 5.04. The molecule has 0 saturated heterocycles. The molecule has 0 aliphatic rings. The maximum absolute atomic E-state index is 10.2. The smallest absolute Gasteiger partial charge is 0.146 e. The molecule has 3 N–H and O–H groups in total. The van der Waals surface area contributed by atoms with Crippen molar-refractivity contribution in [3.63, 3.8) is 0 Å². The summed E-state index contributed by atoms with van der Waals surface area (Å²) in [6.07, 6.45) is 3.27. The molecule has 0 fully saturated rings. The quantitative estimate of drug-likeness (QED) is 0.791. The molecule has 0 bridgehead atoms. The lowest BCUT2D eigenvalue weighted by Gasteiger charge is -2.15. The van der Waals surface area contributed by atoms with Crippen LogP contribution in [0.3, 0.4) is 0 Å². The molecule has 4 nitrogen and oxygen atoms in total. The van der Waals surface area contributed by atoms with Crippen molar-refractivity contribution in [2.75, 3.05) is 0 Å². The van der Waals surface area contributed by atoms with E-state index in [1.54, 1.807) is 24.4 Å². The number of hydrogen-bond donors (Lipinski definition) is 2. The van der Waals surface area contributed by atoms with Gasteiger partial charge in [-0.2, -0.15) is 0 Å². The zero-order chi connectivity index (χ0) is 17.8. The zero-order valence-corrected chi connectivity index (χ0v) is 14.5. The van der Waals surface area contributed by atoms with E-state index in [2.05, 4.69) is 23.3 Å². The van der Waals surface area contributed by atoms with E-state index in [4.69, 9.17) is 5.73 Å². The lowest BCUT2D eigenvalue weighted by Crippen LogP contribution is -2.13. The van der Waals surface area contributed by atoms with Gasteiger partial charge in [0, 0.05) is 17.3 Å². The van der Waals surface area contributed by atoms with Gasteiger partial charge in [0.15, 0.2) is 0 Å². The lowest BCUT2D eigenvalue weighted by atomic mass is 9.99. The number of rotatable bonds is 4. The van der Waals surface area contributed by atoms with Gasteiger partial charge in [-0.15, -0.1) is 0 Å². The number of pyridine rings is 1. The van der Waals surface area contributed by atoms with Crippen molar-refractivity contribution in [3.05, 3.63) is 59.9 Å². The van der Waals surface area contributed by atoms with Crippen molar-refractivity contribution in [2.24, 2.45) is 10.7 Å². The summed E-state index contributed by atoms with van der Waals surface area (Å²) in [6, 6.07) is 8.51. The van der Waals surface area contributed by atoms with Gasteiger partial charge in [0.2, 0.25) is 0 Å². The van der Waals surface area contributed by atoms with Crippen LogP contribution in [-0.2, 0) is 0 Å². The molecule has 4 heteroatoms. The van der Waals surface area contributed by atoms with Crippen LogP contribution in [0.2, 0.25) is 0 Å². The molecule has 124 valence electrons. The SMILES string of the molecule is C=Cc1ccc(C(N)c2ccccn2)c(O)c1N=C.CC.CC. The van der Waals surface area contributed by atoms with Crippen LogP contribution in [0.1, 0.15) is 50.6 Å². The Hall–Kier alpha value is -2.46. The molecule has 0 aliphatic carbocycles. The highest BCUT2D eigenvalue weighted by atomic mass is 16.3. The van der Waals surface area contributed by atoms with Crippen molar-refractivity contribution >= 4 is 18.5 Å². The number of phenolic OH excluding ortho intramolecular Hbond substituents is 1. The maximum atomic E-state index is 10.2. The first-order valence-electron chi connectivity index (χ1n) is 7.80. The van der Waals surface area contributed by atoms with Crippen molar-refractivity contribution in [2.45, 2.75) is 33.7 Å². The molecule has 0 radical (unpaired) electrons. The van der Waals surface area contributed by atoms with E-state index in [9.17, 15) is 5.11 Å². The second-order valence-electron chi connectivity index (χ2n) is 4.04. The first-order chi connectivity index (χ1) is 11.2. The molecule has 1 unspecified atom stereocenters. The summed E-state index contributed by atoms with van der Waals surface area (Å²) < 4.78 is 0. The van der Waals surface area contributed by atoms with Gasteiger partial charge >= 0.3 is 0 Å². The minimum absolute atomic E-state index is 0.0190. The molecule has 1 aromatic carbocycles. The Morgan fingerprint density at radius 3 is 2.30 bits per heavy atom. The van der Waals surface area contributed by atoms with Gasteiger partial charge in [-0.05, 0) is 18.9 Å². The van der Waals surface area contributed by atoms with E-state index in [0.717, 1.165) is 0 Å². The van der Waals surface area contributed by atoms with Crippen molar-refractivity contribution in [3.8, 4) is 5.75 Å². The Labute approximate surface area is 139 Å². The van der Waals surface area contributed by atoms with Crippen LogP contribution < -0.4 is 5.73 Å². The fourth-order valence-electron chi connectivity index (χ4n) is 1.91. The van der Waals surface area contributed by atoms with Crippen molar-refractivity contribution in [1.82, 2.24) is 4.98 Å². The summed E-state index contributed by atoms with van der Waals surface area (Å²) in [5.41, 5.74) is 8.46. The molecule has 2 rings (SSSR count). The molecule has 23 heavy (non-hydrogen) atoms. The normalized spacial score (nSPS) is 10.3. The molecular weight excluding hydrogens is 286 g/mol. The number of aromatic hydroxyl groups is 1. The summed E-state index contributed by atoms with van der Waals surface area (Å²) in [5, 5.41) is 10.2. The van der Waals surface area contributed by atoms with E-state index < -0.39 is 6.04 Å². The Kier molecular flexibility index (Phi) is 9.96. The molecule has 1 atom stereocenters. The van der Waals surface area contributed by atoms with Gasteiger partial charge < -0.3 is 10.8 Å². The molecule has 0 saturated carbocycles. The minimum Gasteiger partial charge on any atom is -0.505 e. The first kappa shape index (κ1) is 20.5. The number of nitrogens with two attached hydrogens (primary N) is 1. The second kappa shape index (κ2) is 11.2. The van der Waals surface area contributed by atoms with Crippen LogP contribution in [0, 0.1) is 0 Å². The standard InChI is InChI=1S/C15H15N3O.2C2H6/c1-3-10-7-8-11(15(19)14(10)17-2)13(16)12-6-4-5-9-18-12;2*1-2/h3-9,13,19H,1-2,16H2;2*1-2H3. The van der Waals surface area contributed by atoms with Crippen LogP contribution in [0.4, 0.5) is 5.69 Å². The minimum atomic E-state index is -0.513. The Morgan fingerprint density at radius 2 is 1.83 bits per heavy atom. The molecule has 0 amide bonds. The van der Waals surface area contributed by atoms with E-state index in [1.165, 1.54) is 0 Å². The Morgan fingerprint density at radius 1 is 1.17 bits per heavy atom. The van der Waals surface area contributed by atoms with Crippen LogP contribution in [-0.4, -0.2) is 16.8 Å². The molecule has 1 heterocycles. The number of aromatic nitrogens is 1. The fraction of sp³-hybridized carbons (Fsp3) is 0.263. The third-order valence-corrected chi connectivity index (χ3v) is 2.93. The summed E-state index contributed by atoms with van der Waals surface area (Å²) in [5.74, 6) is 0.0190. The molecule has 0 spiro atoms. The summed E-state index contributed by atoms with van der Waals surface area (Å²) in [7, 11) is 0. The van der Waals surface area contributed by atoms with Crippen LogP contribution in [0.25, 0.3) is 6.08 Å². The predicted octanol–water partition coefficient (Wildman–Crippen LogP) is 4.86. The van der Waals surface area contributed by atoms with Gasteiger partial charge in [0.05, 0.1) is 11.7 Å². The number of benzene rings is 1. The van der Waals surface area contributed by atoms with Gasteiger partial charge in [0.25, 0.3) is 0 Å². The third-order valence-electron chi connectivity index (χ3n) is 2.93. The van der Waals surface area contributed by atoms with E-state index in [0.29, 0.717) is 22.5 Å². The summed E-state index contributed by atoms with van der Waals surface area (Å²) in [6.45, 7) is 15.1. The van der Waals surface area contributed by atoms with Crippen LogP contribution in [0.15, 0.2) is 48.1 Å². The van der Waals surface area contributed by atoms with E-state index in [-0.39, 0.29) is 5.75 Å².